The number of piperidine rings is 1. The number of amides is 1. The SMILES string of the molecule is CO[C@@H]1[C@@H](NC(=O)Cc2ccccc2C)c2ccccc2C12CCNCC2. The molecule has 2 aromatic carbocycles. The molecule has 27 heavy (non-hydrogen) atoms. The first kappa shape index (κ1) is 18.2. The van der Waals surface area contributed by atoms with Crippen LogP contribution < -0.4 is 10.6 Å². The fourth-order valence-electron chi connectivity index (χ4n) is 5.00. The third-order valence-corrected chi connectivity index (χ3v) is 6.36. The average Bonchev–Trinajstić information content (AvgIpc) is 2.93. The lowest BCUT2D eigenvalue weighted by atomic mass is 9.72. The number of benzene rings is 2. The maximum absolute atomic E-state index is 12.9. The van der Waals surface area contributed by atoms with Gasteiger partial charge in [-0.1, -0.05) is 48.5 Å². The number of aryl methyl sites for hydroxylation is 1. The van der Waals surface area contributed by atoms with Gasteiger partial charge in [0.15, 0.2) is 0 Å². The van der Waals surface area contributed by atoms with Crippen LogP contribution in [0.2, 0.25) is 0 Å². The van der Waals surface area contributed by atoms with Crippen molar-refractivity contribution in [2.24, 2.45) is 0 Å². The lowest BCUT2D eigenvalue weighted by molar-refractivity contribution is -0.122. The highest BCUT2D eigenvalue weighted by molar-refractivity contribution is 5.80. The van der Waals surface area contributed by atoms with Crippen molar-refractivity contribution in [3.63, 3.8) is 0 Å². The maximum Gasteiger partial charge on any atom is 0.225 e. The summed E-state index contributed by atoms with van der Waals surface area (Å²) in [7, 11) is 1.78. The van der Waals surface area contributed by atoms with Gasteiger partial charge < -0.3 is 15.4 Å². The summed E-state index contributed by atoms with van der Waals surface area (Å²) in [6.45, 7) is 4.02. The number of carbonyl (C=O) groups excluding carboxylic acids is 1. The zero-order chi connectivity index (χ0) is 18.9. The number of nitrogens with one attached hydrogen (secondary N) is 2. The van der Waals surface area contributed by atoms with E-state index in [2.05, 4.69) is 47.9 Å². The van der Waals surface area contributed by atoms with Crippen molar-refractivity contribution in [3.8, 4) is 0 Å². The van der Waals surface area contributed by atoms with Crippen molar-refractivity contribution < 1.29 is 9.53 Å². The summed E-state index contributed by atoms with van der Waals surface area (Å²) < 4.78 is 6.03. The molecule has 4 rings (SSSR count). The first-order valence-electron chi connectivity index (χ1n) is 9.82. The molecule has 2 N–H and O–H groups in total. The second kappa shape index (κ2) is 7.45. The molecule has 0 aromatic heterocycles. The number of rotatable bonds is 4. The molecule has 4 heteroatoms. The number of hydrogen-bond acceptors (Lipinski definition) is 3. The molecule has 1 aliphatic heterocycles. The van der Waals surface area contributed by atoms with E-state index in [-0.39, 0.29) is 23.5 Å². The molecule has 1 aliphatic carbocycles. The van der Waals surface area contributed by atoms with Gasteiger partial charge in [-0.15, -0.1) is 0 Å². The summed E-state index contributed by atoms with van der Waals surface area (Å²) in [6, 6.07) is 16.5. The molecule has 0 saturated carbocycles. The van der Waals surface area contributed by atoms with Crippen LogP contribution in [0.1, 0.15) is 41.1 Å². The molecule has 1 spiro atoms. The van der Waals surface area contributed by atoms with E-state index < -0.39 is 0 Å². The van der Waals surface area contributed by atoms with Crippen molar-refractivity contribution in [1.82, 2.24) is 10.6 Å². The Hall–Kier alpha value is -2.17. The minimum Gasteiger partial charge on any atom is -0.378 e. The lowest BCUT2D eigenvalue weighted by Crippen LogP contribution is -2.49. The van der Waals surface area contributed by atoms with Crippen LogP contribution in [0.25, 0.3) is 0 Å². The van der Waals surface area contributed by atoms with Gasteiger partial charge in [-0.2, -0.15) is 0 Å². The minimum absolute atomic E-state index is 0.0167. The zero-order valence-corrected chi connectivity index (χ0v) is 16.1. The first-order valence-corrected chi connectivity index (χ1v) is 9.82. The minimum atomic E-state index is -0.0965. The lowest BCUT2D eigenvalue weighted by Gasteiger charge is -2.40. The number of carbonyl (C=O) groups is 1. The van der Waals surface area contributed by atoms with Gasteiger partial charge >= 0.3 is 0 Å². The Balaban J connectivity index is 1.62. The van der Waals surface area contributed by atoms with Gasteiger partial charge in [0.2, 0.25) is 5.91 Å². The van der Waals surface area contributed by atoms with Gasteiger partial charge in [-0.05, 0) is 55.1 Å². The quantitative estimate of drug-likeness (QED) is 0.877. The van der Waals surface area contributed by atoms with Crippen LogP contribution >= 0.6 is 0 Å². The Morgan fingerprint density at radius 3 is 2.59 bits per heavy atom. The van der Waals surface area contributed by atoms with E-state index in [1.165, 1.54) is 11.1 Å². The standard InChI is InChI=1S/C23H28N2O2/c1-16-7-3-4-8-17(16)15-20(26)25-21-18-9-5-6-10-19(18)23(22(21)27-2)11-13-24-14-12-23/h3-10,21-22,24H,11-15H2,1-2H3,(H,25,26)/t21-,22+/m0/s1. The van der Waals surface area contributed by atoms with E-state index in [0.717, 1.165) is 37.1 Å². The molecule has 1 heterocycles. The second-order valence-corrected chi connectivity index (χ2v) is 7.80. The highest BCUT2D eigenvalue weighted by Crippen LogP contribution is 2.51. The molecule has 1 amide bonds. The summed E-state index contributed by atoms with van der Waals surface area (Å²) in [6.07, 6.45) is 2.44. The van der Waals surface area contributed by atoms with E-state index >= 15 is 0 Å². The highest BCUT2D eigenvalue weighted by Gasteiger charge is 2.53. The largest absolute Gasteiger partial charge is 0.378 e. The fraction of sp³-hybridized carbons (Fsp3) is 0.435. The predicted octanol–water partition coefficient (Wildman–Crippen LogP) is 3.04. The molecular weight excluding hydrogens is 336 g/mol. The monoisotopic (exact) mass is 364 g/mol. The summed E-state index contributed by atoms with van der Waals surface area (Å²) in [5.41, 5.74) is 4.77. The van der Waals surface area contributed by atoms with E-state index in [9.17, 15) is 4.79 Å². The van der Waals surface area contributed by atoms with Gasteiger partial charge in [-0.25, -0.2) is 0 Å². The predicted molar refractivity (Wildman–Crippen MR) is 107 cm³/mol. The summed E-state index contributed by atoms with van der Waals surface area (Å²) in [5, 5.41) is 6.76. The fourth-order valence-corrected chi connectivity index (χ4v) is 5.00. The van der Waals surface area contributed by atoms with Crippen LogP contribution in [-0.4, -0.2) is 32.2 Å². The van der Waals surface area contributed by atoms with Crippen molar-refractivity contribution in [3.05, 3.63) is 70.8 Å². The number of fused-ring (bicyclic) bond motifs is 2. The molecule has 2 aliphatic rings. The van der Waals surface area contributed by atoms with Gasteiger partial charge in [0.25, 0.3) is 0 Å². The van der Waals surface area contributed by atoms with E-state index in [1.54, 1.807) is 7.11 Å². The molecular formula is C23H28N2O2. The Morgan fingerprint density at radius 2 is 1.85 bits per heavy atom. The van der Waals surface area contributed by atoms with Crippen LogP contribution in [0.15, 0.2) is 48.5 Å². The molecule has 0 bridgehead atoms. The normalized spacial score (nSPS) is 23.2. The van der Waals surface area contributed by atoms with E-state index in [1.807, 2.05) is 18.2 Å². The third kappa shape index (κ3) is 3.17. The third-order valence-electron chi connectivity index (χ3n) is 6.36. The first-order chi connectivity index (χ1) is 13.2. The zero-order valence-electron chi connectivity index (χ0n) is 16.1. The van der Waals surface area contributed by atoms with Crippen LogP contribution in [-0.2, 0) is 21.4 Å². The molecule has 1 fully saturated rings. The molecule has 0 radical (unpaired) electrons. The van der Waals surface area contributed by atoms with Crippen LogP contribution in [0, 0.1) is 6.92 Å². The molecule has 4 nitrogen and oxygen atoms in total. The number of ether oxygens (including phenoxy) is 1. The molecule has 0 unspecified atom stereocenters. The van der Waals surface area contributed by atoms with Crippen molar-refractivity contribution >= 4 is 5.91 Å². The van der Waals surface area contributed by atoms with Crippen molar-refractivity contribution in [1.29, 1.82) is 0 Å². The highest BCUT2D eigenvalue weighted by atomic mass is 16.5. The van der Waals surface area contributed by atoms with Crippen LogP contribution in [0.5, 0.6) is 0 Å². The van der Waals surface area contributed by atoms with E-state index in [0.29, 0.717) is 6.42 Å². The number of hydrogen-bond donors (Lipinski definition) is 2. The summed E-state index contributed by atoms with van der Waals surface area (Å²) in [5.74, 6) is 0.0529. The van der Waals surface area contributed by atoms with Gasteiger partial charge in [0.1, 0.15) is 0 Å². The topological polar surface area (TPSA) is 50.4 Å². The Morgan fingerprint density at radius 1 is 1.15 bits per heavy atom. The van der Waals surface area contributed by atoms with Gasteiger partial charge in [-0.3, -0.25) is 4.79 Å². The smallest absolute Gasteiger partial charge is 0.225 e. The summed E-state index contributed by atoms with van der Waals surface area (Å²) >= 11 is 0. The molecule has 142 valence electrons. The van der Waals surface area contributed by atoms with Gasteiger partial charge in [0.05, 0.1) is 18.6 Å². The van der Waals surface area contributed by atoms with Crippen molar-refractivity contribution in [2.45, 2.75) is 43.7 Å². The molecule has 2 aromatic rings. The Labute approximate surface area is 161 Å². The van der Waals surface area contributed by atoms with Crippen LogP contribution in [0.3, 0.4) is 0 Å². The van der Waals surface area contributed by atoms with Gasteiger partial charge in [0, 0.05) is 12.5 Å². The van der Waals surface area contributed by atoms with Crippen molar-refractivity contribution in [2.75, 3.05) is 20.2 Å². The number of methoxy groups -OCH3 is 1. The average molecular weight is 364 g/mol. The Bertz CT molecular complexity index is 827. The second-order valence-electron chi connectivity index (χ2n) is 7.80. The Kier molecular flexibility index (Phi) is 5.02. The van der Waals surface area contributed by atoms with E-state index in [4.69, 9.17) is 4.74 Å². The maximum atomic E-state index is 12.9. The van der Waals surface area contributed by atoms with Crippen LogP contribution in [0.4, 0.5) is 0 Å². The molecule has 2 atom stereocenters. The summed E-state index contributed by atoms with van der Waals surface area (Å²) in [4.78, 5) is 12.9. The molecule has 1 saturated heterocycles.